The second-order valence-electron chi connectivity index (χ2n) is 6.73. The Balaban J connectivity index is 1.45. The van der Waals surface area contributed by atoms with E-state index >= 15 is 0 Å². The molecule has 1 saturated heterocycles. The predicted octanol–water partition coefficient (Wildman–Crippen LogP) is 3.71. The minimum atomic E-state index is -0.450. The first-order chi connectivity index (χ1) is 11.7. The van der Waals surface area contributed by atoms with Crippen molar-refractivity contribution in [2.24, 2.45) is 0 Å². The molecule has 4 nitrogen and oxygen atoms in total. The molecule has 24 heavy (non-hydrogen) atoms. The molecule has 1 fully saturated rings. The maximum Gasteiger partial charge on any atom is 0.256 e. The van der Waals surface area contributed by atoms with E-state index in [2.05, 4.69) is 5.16 Å². The summed E-state index contributed by atoms with van der Waals surface area (Å²) in [5.74, 6) is 0.687. The number of carbonyl (C=O) groups is 1. The molecule has 1 amide bonds. The van der Waals surface area contributed by atoms with Gasteiger partial charge in [-0.05, 0) is 50.7 Å². The molecule has 5 heteroatoms. The molecule has 2 heterocycles. The number of aryl methyl sites for hydroxylation is 1. The Bertz CT molecular complexity index is 748. The number of hydrogen-bond acceptors (Lipinski definition) is 3. The van der Waals surface area contributed by atoms with Crippen LogP contribution in [-0.2, 0) is 12.8 Å². The van der Waals surface area contributed by atoms with Gasteiger partial charge in [0.15, 0.2) is 0 Å². The number of likely N-dealkylation sites (tertiary alicyclic amines) is 1. The SMILES string of the molecule is O=C(c1ccccc1F)N1CCC(c2onc3c2CCCC3)CC1. The van der Waals surface area contributed by atoms with Gasteiger partial charge in [-0.1, -0.05) is 17.3 Å². The average molecular weight is 328 g/mol. The number of aromatic nitrogens is 1. The number of halogens is 1. The first-order valence-corrected chi connectivity index (χ1v) is 8.75. The normalized spacial score (nSPS) is 18.5. The van der Waals surface area contributed by atoms with E-state index in [1.54, 1.807) is 23.1 Å². The number of piperidine rings is 1. The number of amides is 1. The Morgan fingerprint density at radius 2 is 1.92 bits per heavy atom. The highest BCUT2D eigenvalue weighted by Crippen LogP contribution is 2.35. The van der Waals surface area contributed by atoms with Crippen molar-refractivity contribution >= 4 is 5.91 Å². The third-order valence-electron chi connectivity index (χ3n) is 5.25. The van der Waals surface area contributed by atoms with Crippen molar-refractivity contribution < 1.29 is 13.7 Å². The van der Waals surface area contributed by atoms with E-state index in [1.165, 1.54) is 24.5 Å². The molecule has 4 rings (SSSR count). The van der Waals surface area contributed by atoms with Gasteiger partial charge in [0.2, 0.25) is 0 Å². The quantitative estimate of drug-likeness (QED) is 0.844. The van der Waals surface area contributed by atoms with Crippen LogP contribution in [0.1, 0.15) is 59.0 Å². The van der Waals surface area contributed by atoms with Crippen LogP contribution in [-0.4, -0.2) is 29.1 Å². The molecule has 126 valence electrons. The second kappa shape index (κ2) is 6.38. The third kappa shape index (κ3) is 2.72. The summed E-state index contributed by atoms with van der Waals surface area (Å²) in [5.41, 5.74) is 2.59. The number of carbonyl (C=O) groups excluding carboxylic acids is 1. The van der Waals surface area contributed by atoms with Gasteiger partial charge in [-0.15, -0.1) is 0 Å². The van der Waals surface area contributed by atoms with E-state index in [9.17, 15) is 9.18 Å². The van der Waals surface area contributed by atoms with E-state index in [0.717, 1.165) is 37.1 Å². The largest absolute Gasteiger partial charge is 0.361 e. The van der Waals surface area contributed by atoms with Crippen LogP contribution in [0.3, 0.4) is 0 Å². The molecule has 0 radical (unpaired) electrons. The standard InChI is InChI=1S/C19H21FN2O2/c20-16-7-3-1-5-14(16)19(23)22-11-9-13(10-12-22)18-15-6-2-4-8-17(15)21-24-18/h1,3,5,7,13H,2,4,6,8-12H2. The van der Waals surface area contributed by atoms with E-state index < -0.39 is 5.82 Å². The maximum atomic E-state index is 13.8. The minimum absolute atomic E-state index is 0.160. The Labute approximate surface area is 140 Å². The summed E-state index contributed by atoms with van der Waals surface area (Å²) in [5, 5.41) is 4.24. The van der Waals surface area contributed by atoms with Gasteiger partial charge < -0.3 is 9.42 Å². The van der Waals surface area contributed by atoms with Crippen LogP contribution >= 0.6 is 0 Å². The zero-order chi connectivity index (χ0) is 16.5. The molecule has 0 N–H and O–H groups in total. The van der Waals surface area contributed by atoms with Crippen molar-refractivity contribution in [3.05, 3.63) is 52.7 Å². The molecule has 0 unspecified atom stereocenters. The van der Waals surface area contributed by atoms with Gasteiger partial charge in [0.05, 0.1) is 11.3 Å². The molecule has 1 aliphatic heterocycles. The smallest absolute Gasteiger partial charge is 0.256 e. The van der Waals surface area contributed by atoms with E-state index in [4.69, 9.17) is 4.52 Å². The van der Waals surface area contributed by atoms with Gasteiger partial charge in [0.25, 0.3) is 5.91 Å². The number of benzene rings is 1. The lowest BCUT2D eigenvalue weighted by molar-refractivity contribution is 0.0701. The molecule has 0 saturated carbocycles. The molecular formula is C19H21FN2O2. The van der Waals surface area contributed by atoms with Crippen LogP contribution in [0.2, 0.25) is 0 Å². The monoisotopic (exact) mass is 328 g/mol. The lowest BCUT2D eigenvalue weighted by Gasteiger charge is -2.31. The summed E-state index contributed by atoms with van der Waals surface area (Å²) in [6, 6.07) is 6.19. The molecule has 0 spiro atoms. The van der Waals surface area contributed by atoms with Crippen molar-refractivity contribution in [3.63, 3.8) is 0 Å². The second-order valence-corrected chi connectivity index (χ2v) is 6.73. The third-order valence-corrected chi connectivity index (χ3v) is 5.25. The summed E-state index contributed by atoms with van der Waals surface area (Å²) >= 11 is 0. The lowest BCUT2D eigenvalue weighted by Crippen LogP contribution is -2.38. The molecule has 0 bridgehead atoms. The van der Waals surface area contributed by atoms with Crippen molar-refractivity contribution in [1.29, 1.82) is 0 Å². The van der Waals surface area contributed by atoms with Crippen LogP contribution in [0.25, 0.3) is 0 Å². The summed E-state index contributed by atoms with van der Waals surface area (Å²) < 4.78 is 19.5. The number of rotatable bonds is 2. The maximum absolute atomic E-state index is 13.8. The highest BCUT2D eigenvalue weighted by Gasteiger charge is 2.31. The van der Waals surface area contributed by atoms with Gasteiger partial charge >= 0.3 is 0 Å². The molecule has 1 aliphatic carbocycles. The molecular weight excluding hydrogens is 307 g/mol. The Morgan fingerprint density at radius 1 is 1.17 bits per heavy atom. The molecule has 0 atom stereocenters. The van der Waals surface area contributed by atoms with Gasteiger partial charge in [0, 0.05) is 24.6 Å². The fraction of sp³-hybridized carbons (Fsp3) is 0.474. The van der Waals surface area contributed by atoms with E-state index in [1.807, 2.05) is 0 Å². The van der Waals surface area contributed by atoms with Crippen molar-refractivity contribution in [3.8, 4) is 0 Å². The number of nitrogens with zero attached hydrogens (tertiary/aromatic N) is 2. The summed E-state index contributed by atoms with van der Waals surface area (Å²) in [6.45, 7) is 1.26. The highest BCUT2D eigenvalue weighted by molar-refractivity contribution is 5.94. The lowest BCUT2D eigenvalue weighted by atomic mass is 9.87. The Kier molecular flexibility index (Phi) is 4.08. The average Bonchev–Trinajstić information content (AvgIpc) is 3.06. The number of hydrogen-bond donors (Lipinski definition) is 0. The molecule has 2 aromatic rings. The van der Waals surface area contributed by atoms with Crippen LogP contribution < -0.4 is 0 Å². The van der Waals surface area contributed by atoms with Crippen LogP contribution in [0.5, 0.6) is 0 Å². The summed E-state index contributed by atoms with van der Waals surface area (Å²) in [4.78, 5) is 14.2. The molecule has 1 aromatic carbocycles. The molecule has 1 aromatic heterocycles. The summed E-state index contributed by atoms with van der Waals surface area (Å²) in [7, 11) is 0. The topological polar surface area (TPSA) is 46.3 Å². The van der Waals surface area contributed by atoms with Crippen molar-refractivity contribution in [2.45, 2.75) is 44.4 Å². The van der Waals surface area contributed by atoms with E-state index in [-0.39, 0.29) is 11.5 Å². The zero-order valence-corrected chi connectivity index (χ0v) is 13.6. The summed E-state index contributed by atoms with van der Waals surface area (Å²) in [6.07, 6.45) is 6.16. The van der Waals surface area contributed by atoms with Crippen molar-refractivity contribution in [1.82, 2.24) is 10.1 Å². The Hall–Kier alpha value is -2.17. The predicted molar refractivity (Wildman–Crippen MR) is 87.4 cm³/mol. The van der Waals surface area contributed by atoms with Gasteiger partial charge in [-0.2, -0.15) is 0 Å². The van der Waals surface area contributed by atoms with E-state index in [0.29, 0.717) is 19.0 Å². The first kappa shape index (κ1) is 15.4. The van der Waals surface area contributed by atoms with Crippen LogP contribution in [0.4, 0.5) is 4.39 Å². The van der Waals surface area contributed by atoms with Crippen LogP contribution in [0.15, 0.2) is 28.8 Å². The van der Waals surface area contributed by atoms with Gasteiger partial charge in [-0.3, -0.25) is 4.79 Å². The zero-order valence-electron chi connectivity index (χ0n) is 13.6. The Morgan fingerprint density at radius 3 is 2.71 bits per heavy atom. The van der Waals surface area contributed by atoms with Gasteiger partial charge in [-0.25, -0.2) is 4.39 Å². The molecule has 2 aliphatic rings. The van der Waals surface area contributed by atoms with Gasteiger partial charge in [0.1, 0.15) is 11.6 Å². The van der Waals surface area contributed by atoms with Crippen LogP contribution in [0, 0.1) is 5.82 Å². The number of fused-ring (bicyclic) bond motifs is 1. The van der Waals surface area contributed by atoms with Crippen molar-refractivity contribution in [2.75, 3.05) is 13.1 Å². The fourth-order valence-corrected chi connectivity index (χ4v) is 3.89. The fourth-order valence-electron chi connectivity index (χ4n) is 3.89. The highest BCUT2D eigenvalue weighted by atomic mass is 19.1. The minimum Gasteiger partial charge on any atom is -0.361 e. The first-order valence-electron chi connectivity index (χ1n) is 8.75.